The summed E-state index contributed by atoms with van der Waals surface area (Å²) in [4.78, 5) is 14.9. The SMILES string of the molecule is Cc1nonc1[C@H]1CCCN1C(=O)c1cccc(-n2cccn2)c1. The van der Waals surface area contributed by atoms with Crippen LogP contribution in [-0.2, 0) is 0 Å². The molecule has 1 aliphatic rings. The molecule has 1 atom stereocenters. The van der Waals surface area contributed by atoms with Crippen LogP contribution in [0.5, 0.6) is 0 Å². The largest absolute Gasteiger partial charge is 0.330 e. The quantitative estimate of drug-likeness (QED) is 0.740. The summed E-state index contributed by atoms with van der Waals surface area (Å²) in [5.41, 5.74) is 3.00. The highest BCUT2D eigenvalue weighted by molar-refractivity contribution is 5.95. The maximum atomic E-state index is 13.0. The van der Waals surface area contributed by atoms with Crippen molar-refractivity contribution in [2.24, 2.45) is 0 Å². The van der Waals surface area contributed by atoms with E-state index in [0.717, 1.165) is 29.9 Å². The Hall–Kier alpha value is -2.96. The minimum atomic E-state index is -0.0721. The molecule has 0 radical (unpaired) electrons. The molecule has 1 saturated heterocycles. The van der Waals surface area contributed by atoms with Gasteiger partial charge in [-0.2, -0.15) is 5.10 Å². The first-order valence-corrected chi connectivity index (χ1v) is 7.94. The number of nitrogens with zero attached hydrogens (tertiary/aromatic N) is 5. The molecule has 1 aromatic carbocycles. The molecule has 1 aliphatic heterocycles. The van der Waals surface area contributed by atoms with Crippen molar-refractivity contribution in [2.45, 2.75) is 25.8 Å². The zero-order valence-corrected chi connectivity index (χ0v) is 13.3. The van der Waals surface area contributed by atoms with E-state index < -0.39 is 0 Å². The predicted octanol–water partition coefficient (Wildman–Crippen LogP) is 2.54. The van der Waals surface area contributed by atoms with Crippen LogP contribution >= 0.6 is 0 Å². The molecule has 0 aliphatic carbocycles. The number of rotatable bonds is 3. The molecule has 4 rings (SSSR count). The Morgan fingerprint density at radius 3 is 2.96 bits per heavy atom. The van der Waals surface area contributed by atoms with Crippen molar-refractivity contribution in [1.29, 1.82) is 0 Å². The second-order valence-electron chi connectivity index (χ2n) is 5.89. The average molecular weight is 323 g/mol. The van der Waals surface area contributed by atoms with Crippen LogP contribution < -0.4 is 0 Å². The third kappa shape index (κ3) is 2.47. The molecule has 3 heterocycles. The van der Waals surface area contributed by atoms with Gasteiger partial charge < -0.3 is 4.90 Å². The van der Waals surface area contributed by atoms with Crippen molar-refractivity contribution in [1.82, 2.24) is 25.0 Å². The van der Waals surface area contributed by atoms with E-state index in [1.54, 1.807) is 10.9 Å². The molecule has 0 spiro atoms. The number of amides is 1. The standard InChI is InChI=1S/C17H17N5O2/c1-12-16(20-24-19-12)15-7-3-9-21(15)17(23)13-5-2-6-14(11-13)22-10-4-8-18-22/h2,4-6,8,10-11,15H,3,7,9H2,1H3/t15-/m1/s1. The Balaban J connectivity index is 1.64. The molecular formula is C17H17N5O2. The topological polar surface area (TPSA) is 77.0 Å². The van der Waals surface area contributed by atoms with Crippen molar-refractivity contribution in [3.05, 3.63) is 59.7 Å². The second kappa shape index (κ2) is 5.92. The van der Waals surface area contributed by atoms with Crippen LogP contribution in [0, 0.1) is 6.92 Å². The number of hydrogen-bond donors (Lipinski definition) is 0. The van der Waals surface area contributed by atoms with Gasteiger partial charge in [-0.1, -0.05) is 16.4 Å². The first-order chi connectivity index (χ1) is 11.7. The van der Waals surface area contributed by atoms with Crippen molar-refractivity contribution in [2.75, 3.05) is 6.54 Å². The van der Waals surface area contributed by atoms with Crippen LogP contribution in [0.2, 0.25) is 0 Å². The number of carbonyl (C=O) groups is 1. The molecule has 0 unspecified atom stereocenters. The van der Waals surface area contributed by atoms with Gasteiger partial charge in [0.2, 0.25) is 0 Å². The molecule has 0 saturated carbocycles. The van der Waals surface area contributed by atoms with E-state index in [1.807, 2.05) is 48.4 Å². The van der Waals surface area contributed by atoms with Gasteiger partial charge in [-0.3, -0.25) is 4.79 Å². The fourth-order valence-corrected chi connectivity index (χ4v) is 3.20. The number of aromatic nitrogens is 4. The van der Waals surface area contributed by atoms with Gasteiger partial charge in [-0.05, 0) is 44.0 Å². The van der Waals surface area contributed by atoms with E-state index in [2.05, 4.69) is 15.4 Å². The van der Waals surface area contributed by atoms with Gasteiger partial charge in [0, 0.05) is 24.5 Å². The summed E-state index contributed by atoms with van der Waals surface area (Å²) in [5, 5.41) is 12.0. The van der Waals surface area contributed by atoms with Crippen molar-refractivity contribution >= 4 is 5.91 Å². The lowest BCUT2D eigenvalue weighted by Crippen LogP contribution is -2.31. The van der Waals surface area contributed by atoms with Gasteiger partial charge >= 0.3 is 0 Å². The average Bonchev–Trinajstić information content (AvgIpc) is 3.35. The highest BCUT2D eigenvalue weighted by Crippen LogP contribution is 2.33. The minimum Gasteiger partial charge on any atom is -0.330 e. The Labute approximate surface area is 138 Å². The molecule has 7 nitrogen and oxygen atoms in total. The number of benzene rings is 1. The van der Waals surface area contributed by atoms with Gasteiger partial charge in [0.1, 0.15) is 11.4 Å². The maximum Gasteiger partial charge on any atom is 0.254 e. The monoisotopic (exact) mass is 323 g/mol. The highest BCUT2D eigenvalue weighted by atomic mass is 16.6. The lowest BCUT2D eigenvalue weighted by Gasteiger charge is -2.23. The third-order valence-electron chi connectivity index (χ3n) is 4.38. The Morgan fingerprint density at radius 2 is 2.21 bits per heavy atom. The summed E-state index contributed by atoms with van der Waals surface area (Å²) in [7, 11) is 0. The third-order valence-corrected chi connectivity index (χ3v) is 4.38. The fraction of sp³-hybridized carbons (Fsp3) is 0.294. The van der Waals surface area contributed by atoms with Crippen LogP contribution in [0.3, 0.4) is 0 Å². The predicted molar refractivity (Wildman–Crippen MR) is 85.6 cm³/mol. The molecule has 1 amide bonds. The molecule has 0 bridgehead atoms. The maximum absolute atomic E-state index is 13.0. The van der Waals surface area contributed by atoms with Gasteiger partial charge in [0.25, 0.3) is 5.91 Å². The summed E-state index contributed by atoms with van der Waals surface area (Å²) in [6.45, 7) is 2.56. The Morgan fingerprint density at radius 1 is 1.29 bits per heavy atom. The molecule has 7 heteroatoms. The normalized spacial score (nSPS) is 17.4. The Bertz CT molecular complexity index is 856. The zero-order chi connectivity index (χ0) is 16.5. The summed E-state index contributed by atoms with van der Waals surface area (Å²) < 4.78 is 6.55. The van der Waals surface area contributed by atoms with E-state index in [-0.39, 0.29) is 11.9 Å². The molecule has 24 heavy (non-hydrogen) atoms. The first-order valence-electron chi connectivity index (χ1n) is 7.94. The van der Waals surface area contributed by atoms with Crippen LogP contribution in [0.15, 0.2) is 47.4 Å². The van der Waals surface area contributed by atoms with E-state index in [1.165, 1.54) is 0 Å². The minimum absolute atomic E-state index is 0.00564. The van der Waals surface area contributed by atoms with E-state index in [9.17, 15) is 4.79 Å². The van der Waals surface area contributed by atoms with Gasteiger partial charge in [-0.25, -0.2) is 9.31 Å². The summed E-state index contributed by atoms with van der Waals surface area (Å²) in [6.07, 6.45) is 5.39. The second-order valence-corrected chi connectivity index (χ2v) is 5.89. The van der Waals surface area contributed by atoms with Gasteiger partial charge in [0.15, 0.2) is 0 Å². The lowest BCUT2D eigenvalue weighted by molar-refractivity contribution is 0.0730. The van der Waals surface area contributed by atoms with Crippen LogP contribution in [0.1, 0.15) is 40.6 Å². The number of likely N-dealkylation sites (tertiary alicyclic amines) is 1. The number of hydrogen-bond acceptors (Lipinski definition) is 5. The number of carbonyl (C=O) groups excluding carboxylic acids is 1. The van der Waals surface area contributed by atoms with Crippen molar-refractivity contribution in [3.8, 4) is 5.69 Å². The van der Waals surface area contributed by atoms with Crippen molar-refractivity contribution < 1.29 is 9.42 Å². The molecule has 0 N–H and O–H groups in total. The zero-order valence-electron chi connectivity index (χ0n) is 13.3. The fourth-order valence-electron chi connectivity index (χ4n) is 3.20. The smallest absolute Gasteiger partial charge is 0.254 e. The summed E-state index contributed by atoms with van der Waals surface area (Å²) >= 11 is 0. The summed E-state index contributed by atoms with van der Waals surface area (Å²) in [5.74, 6) is -0.00564. The van der Waals surface area contributed by atoms with Crippen LogP contribution in [0.25, 0.3) is 5.69 Å². The highest BCUT2D eigenvalue weighted by Gasteiger charge is 2.34. The van der Waals surface area contributed by atoms with E-state index in [4.69, 9.17) is 4.63 Å². The molecule has 2 aromatic heterocycles. The number of aryl methyl sites for hydroxylation is 1. The first kappa shape index (κ1) is 14.6. The molecular weight excluding hydrogens is 306 g/mol. The molecule has 1 fully saturated rings. The van der Waals surface area contributed by atoms with Gasteiger partial charge in [0.05, 0.1) is 11.7 Å². The Kier molecular flexibility index (Phi) is 3.60. The summed E-state index contributed by atoms with van der Waals surface area (Å²) in [6, 6.07) is 9.27. The van der Waals surface area contributed by atoms with Crippen LogP contribution in [-0.4, -0.2) is 37.4 Å². The van der Waals surface area contributed by atoms with E-state index >= 15 is 0 Å². The van der Waals surface area contributed by atoms with Crippen molar-refractivity contribution in [3.63, 3.8) is 0 Å². The molecule has 3 aromatic rings. The van der Waals surface area contributed by atoms with Crippen LogP contribution in [0.4, 0.5) is 0 Å². The van der Waals surface area contributed by atoms with E-state index in [0.29, 0.717) is 12.1 Å². The van der Waals surface area contributed by atoms with Gasteiger partial charge in [-0.15, -0.1) is 0 Å². The molecule has 122 valence electrons. The lowest BCUT2D eigenvalue weighted by atomic mass is 10.1.